The van der Waals surface area contributed by atoms with E-state index in [9.17, 15) is 26.8 Å². The molecule has 39 heavy (non-hydrogen) atoms. The number of nitrogens with one attached hydrogen (secondary N) is 1. The zero-order chi connectivity index (χ0) is 28.6. The fraction of sp³-hybridized carbons (Fsp3) is 0.310. The fourth-order valence-corrected chi connectivity index (χ4v) is 4.85. The standard InChI is InChI=1S/C29H33F2N3O4S/c1-4-21(2)32-29(36)27(18-22-8-6-5-7-9-22)33(19-23-10-12-24(30)13-11-23)28(35)20-34(39(3,37)38)26-16-14-25(31)15-17-26/h5-17,21,27H,4,18-20H2,1-3H3,(H,32,36)/t21-,27-/m0/s1. The highest BCUT2D eigenvalue weighted by Crippen LogP contribution is 2.21. The molecule has 0 bridgehead atoms. The lowest BCUT2D eigenvalue weighted by Crippen LogP contribution is -2.54. The Morgan fingerprint density at radius 3 is 1.97 bits per heavy atom. The Kier molecular flexibility index (Phi) is 10.2. The molecule has 0 aliphatic heterocycles. The van der Waals surface area contributed by atoms with Crippen LogP contribution in [0.2, 0.25) is 0 Å². The molecule has 7 nitrogen and oxygen atoms in total. The number of carbonyl (C=O) groups is 2. The van der Waals surface area contributed by atoms with Crippen LogP contribution in [-0.4, -0.2) is 50.0 Å². The Morgan fingerprint density at radius 1 is 0.872 bits per heavy atom. The number of anilines is 1. The van der Waals surface area contributed by atoms with Crippen LogP contribution < -0.4 is 9.62 Å². The first-order chi connectivity index (χ1) is 18.5. The average Bonchev–Trinajstić information content (AvgIpc) is 2.90. The first-order valence-electron chi connectivity index (χ1n) is 12.6. The molecule has 0 heterocycles. The number of benzene rings is 3. The lowest BCUT2D eigenvalue weighted by Gasteiger charge is -2.34. The van der Waals surface area contributed by atoms with Crippen molar-refractivity contribution in [2.24, 2.45) is 0 Å². The summed E-state index contributed by atoms with van der Waals surface area (Å²) in [6.45, 7) is 3.09. The van der Waals surface area contributed by atoms with Gasteiger partial charge in [-0.3, -0.25) is 13.9 Å². The van der Waals surface area contributed by atoms with Crippen molar-refractivity contribution < 1.29 is 26.8 Å². The van der Waals surface area contributed by atoms with Gasteiger partial charge in [-0.25, -0.2) is 17.2 Å². The smallest absolute Gasteiger partial charge is 0.244 e. The van der Waals surface area contributed by atoms with Crippen molar-refractivity contribution in [2.75, 3.05) is 17.1 Å². The van der Waals surface area contributed by atoms with Crippen molar-refractivity contribution in [3.8, 4) is 0 Å². The molecule has 0 saturated heterocycles. The first kappa shape index (κ1) is 29.8. The average molecular weight is 558 g/mol. The number of halogens is 2. The molecule has 208 valence electrons. The second kappa shape index (κ2) is 13.3. The van der Waals surface area contributed by atoms with Gasteiger partial charge in [0, 0.05) is 19.0 Å². The molecule has 0 aromatic heterocycles. The summed E-state index contributed by atoms with van der Waals surface area (Å²) in [6.07, 6.45) is 1.79. The summed E-state index contributed by atoms with van der Waals surface area (Å²) in [4.78, 5) is 28.8. The lowest BCUT2D eigenvalue weighted by molar-refractivity contribution is -0.140. The van der Waals surface area contributed by atoms with Crippen molar-refractivity contribution >= 4 is 27.5 Å². The van der Waals surface area contributed by atoms with Crippen LogP contribution in [0.15, 0.2) is 78.9 Å². The summed E-state index contributed by atoms with van der Waals surface area (Å²) < 4.78 is 53.4. The summed E-state index contributed by atoms with van der Waals surface area (Å²) in [5, 5.41) is 2.94. The van der Waals surface area contributed by atoms with Crippen LogP contribution in [0.25, 0.3) is 0 Å². The van der Waals surface area contributed by atoms with Gasteiger partial charge in [-0.05, 0) is 60.9 Å². The van der Waals surface area contributed by atoms with Crippen molar-refractivity contribution in [1.29, 1.82) is 0 Å². The van der Waals surface area contributed by atoms with E-state index in [-0.39, 0.29) is 24.7 Å². The number of hydrogen-bond donors (Lipinski definition) is 1. The number of nitrogens with zero attached hydrogens (tertiary/aromatic N) is 2. The Morgan fingerprint density at radius 2 is 1.44 bits per heavy atom. The van der Waals surface area contributed by atoms with Gasteiger partial charge in [0.2, 0.25) is 21.8 Å². The number of amides is 2. The van der Waals surface area contributed by atoms with E-state index in [0.29, 0.717) is 12.0 Å². The summed E-state index contributed by atoms with van der Waals surface area (Å²) in [7, 11) is -3.95. The zero-order valence-corrected chi connectivity index (χ0v) is 23.0. The Bertz CT molecular complexity index is 1350. The van der Waals surface area contributed by atoms with E-state index in [1.165, 1.54) is 41.3 Å². The SMILES string of the molecule is CC[C@H](C)NC(=O)[C@H](Cc1ccccc1)N(Cc1ccc(F)cc1)C(=O)CN(c1ccc(F)cc1)S(C)(=O)=O. The van der Waals surface area contributed by atoms with Crippen molar-refractivity contribution in [2.45, 2.75) is 45.3 Å². The van der Waals surface area contributed by atoms with E-state index in [2.05, 4.69) is 5.32 Å². The van der Waals surface area contributed by atoms with Gasteiger partial charge in [-0.1, -0.05) is 49.4 Å². The highest BCUT2D eigenvalue weighted by molar-refractivity contribution is 7.92. The van der Waals surface area contributed by atoms with E-state index in [0.717, 1.165) is 28.3 Å². The maximum absolute atomic E-state index is 13.9. The van der Waals surface area contributed by atoms with E-state index >= 15 is 0 Å². The maximum Gasteiger partial charge on any atom is 0.244 e. The van der Waals surface area contributed by atoms with Crippen LogP contribution in [0.3, 0.4) is 0 Å². The molecule has 0 spiro atoms. The van der Waals surface area contributed by atoms with Gasteiger partial charge in [-0.2, -0.15) is 0 Å². The minimum atomic E-state index is -3.95. The Balaban J connectivity index is 2.04. The Hall–Kier alpha value is -3.79. The predicted molar refractivity (Wildman–Crippen MR) is 147 cm³/mol. The summed E-state index contributed by atoms with van der Waals surface area (Å²) >= 11 is 0. The zero-order valence-electron chi connectivity index (χ0n) is 22.2. The van der Waals surface area contributed by atoms with E-state index in [1.807, 2.05) is 44.2 Å². The van der Waals surface area contributed by atoms with Gasteiger partial charge in [-0.15, -0.1) is 0 Å². The molecule has 0 aliphatic rings. The van der Waals surface area contributed by atoms with Gasteiger partial charge in [0.25, 0.3) is 0 Å². The minimum absolute atomic E-state index is 0.0639. The van der Waals surface area contributed by atoms with Crippen molar-refractivity contribution in [3.63, 3.8) is 0 Å². The summed E-state index contributed by atoms with van der Waals surface area (Å²) in [5.74, 6) is -2.04. The third-order valence-corrected chi connectivity index (χ3v) is 7.47. The van der Waals surface area contributed by atoms with E-state index in [4.69, 9.17) is 0 Å². The molecule has 10 heteroatoms. The van der Waals surface area contributed by atoms with Crippen LogP contribution in [0.5, 0.6) is 0 Å². The summed E-state index contributed by atoms with van der Waals surface area (Å²) in [6, 6.07) is 18.3. The third-order valence-electron chi connectivity index (χ3n) is 6.33. The molecule has 0 aliphatic carbocycles. The largest absolute Gasteiger partial charge is 0.352 e. The van der Waals surface area contributed by atoms with E-state index in [1.54, 1.807) is 0 Å². The highest BCUT2D eigenvalue weighted by Gasteiger charge is 2.33. The van der Waals surface area contributed by atoms with Gasteiger partial charge in [0.15, 0.2) is 0 Å². The number of hydrogen-bond acceptors (Lipinski definition) is 4. The third kappa shape index (κ3) is 8.61. The van der Waals surface area contributed by atoms with Crippen LogP contribution in [0.4, 0.5) is 14.5 Å². The predicted octanol–water partition coefficient (Wildman–Crippen LogP) is 4.29. The molecular formula is C29H33F2N3O4S. The van der Waals surface area contributed by atoms with Gasteiger partial charge >= 0.3 is 0 Å². The highest BCUT2D eigenvalue weighted by atomic mass is 32.2. The topological polar surface area (TPSA) is 86.8 Å². The second-order valence-electron chi connectivity index (χ2n) is 9.42. The van der Waals surface area contributed by atoms with Crippen LogP contribution >= 0.6 is 0 Å². The van der Waals surface area contributed by atoms with E-state index < -0.39 is 46.1 Å². The van der Waals surface area contributed by atoms with Crippen molar-refractivity contribution in [3.05, 3.63) is 102 Å². The Labute approximate surface area is 228 Å². The molecule has 3 rings (SSSR count). The van der Waals surface area contributed by atoms with Crippen molar-refractivity contribution in [1.82, 2.24) is 10.2 Å². The molecule has 0 unspecified atom stereocenters. The molecule has 3 aromatic carbocycles. The number of rotatable bonds is 12. The molecule has 2 amide bonds. The fourth-order valence-electron chi connectivity index (χ4n) is 4.00. The first-order valence-corrected chi connectivity index (χ1v) is 14.4. The van der Waals surface area contributed by atoms with Crippen LogP contribution in [0, 0.1) is 11.6 Å². The molecular weight excluding hydrogens is 524 g/mol. The van der Waals surface area contributed by atoms with Gasteiger partial charge < -0.3 is 10.2 Å². The van der Waals surface area contributed by atoms with Gasteiger partial charge in [0.1, 0.15) is 24.2 Å². The molecule has 1 N–H and O–H groups in total. The van der Waals surface area contributed by atoms with Gasteiger partial charge in [0.05, 0.1) is 11.9 Å². The lowest BCUT2D eigenvalue weighted by atomic mass is 10.0. The second-order valence-corrected chi connectivity index (χ2v) is 11.3. The maximum atomic E-state index is 13.9. The molecule has 0 radical (unpaired) electrons. The monoisotopic (exact) mass is 557 g/mol. The quantitative estimate of drug-likeness (QED) is 0.360. The molecule has 2 atom stereocenters. The van der Waals surface area contributed by atoms with Crippen LogP contribution in [-0.2, 0) is 32.6 Å². The number of sulfonamides is 1. The normalized spacial score (nSPS) is 12.8. The minimum Gasteiger partial charge on any atom is -0.352 e. The molecule has 3 aromatic rings. The molecule has 0 saturated carbocycles. The molecule has 0 fully saturated rings. The summed E-state index contributed by atoms with van der Waals surface area (Å²) in [5.41, 5.74) is 1.47. The number of carbonyl (C=O) groups excluding carboxylic acids is 2. The van der Waals surface area contributed by atoms with Crippen LogP contribution in [0.1, 0.15) is 31.4 Å².